The van der Waals surface area contributed by atoms with Crippen molar-refractivity contribution >= 4 is 0 Å². The molecule has 0 fully saturated rings. The number of rotatable bonds is 7. The van der Waals surface area contributed by atoms with Crippen LogP contribution in [-0.2, 0) is 0 Å². The third kappa shape index (κ3) is 244. The smallest absolute Gasteiger partial charge is 0.358 e. The molecular weight excluding hydrogens is 375 g/mol. The van der Waals surface area contributed by atoms with Gasteiger partial charge in [-0.3, -0.25) is 0 Å². The van der Waals surface area contributed by atoms with Crippen LogP contribution in [0.2, 0.25) is 0 Å². The molecule has 0 unspecified atom stereocenters. The van der Waals surface area contributed by atoms with Gasteiger partial charge in [-0.25, -0.2) is 0 Å². The first kappa shape index (κ1) is 57.5. The molecule has 0 rings (SSSR count). The van der Waals surface area contributed by atoms with Crippen molar-refractivity contribution < 1.29 is 51.4 Å². The molecule has 29 heavy (non-hydrogen) atoms. The van der Waals surface area contributed by atoms with E-state index >= 15 is 0 Å². The van der Waals surface area contributed by atoms with E-state index < -0.39 is 0 Å². The van der Waals surface area contributed by atoms with E-state index in [-0.39, 0.29) is 58.8 Å². The minimum atomic E-state index is 0. The second-order valence-electron chi connectivity index (χ2n) is 6.48. The van der Waals surface area contributed by atoms with Gasteiger partial charge in [0.05, 0.1) is 0 Å². The molecule has 0 saturated carbocycles. The summed E-state index contributed by atoms with van der Waals surface area (Å²) in [5, 5.41) is 0. The zero-order valence-electron chi connectivity index (χ0n) is 25.1. The summed E-state index contributed by atoms with van der Waals surface area (Å²) < 4.78 is 0. The Balaban J connectivity index is -0.0000000242. The van der Waals surface area contributed by atoms with Gasteiger partial charge < -0.3 is 14.4 Å². The minimum Gasteiger partial charge on any atom is -0.358 e. The maximum atomic E-state index is 3.60. The molecule has 0 N–H and O–H groups in total. The summed E-state index contributed by atoms with van der Waals surface area (Å²) in [6.45, 7) is 33.4. The molecule has 0 bridgehead atoms. The molecule has 0 aliphatic carbocycles. The topological polar surface area (TPSA) is 0 Å². The molecule has 0 nitrogen and oxygen atoms in total. The van der Waals surface area contributed by atoms with Crippen molar-refractivity contribution in [2.75, 3.05) is 0 Å². The Morgan fingerprint density at radius 2 is 0.724 bits per heavy atom. The van der Waals surface area contributed by atoms with E-state index in [0.717, 1.165) is 12.3 Å². The Kier molecular flexibility index (Phi) is 197. The normalized spacial score (nSPS) is 7.03. The molecular formula is C28H70K-. The van der Waals surface area contributed by atoms with Gasteiger partial charge >= 0.3 is 51.4 Å². The van der Waals surface area contributed by atoms with Crippen LogP contribution in [-0.4, -0.2) is 0 Å². The van der Waals surface area contributed by atoms with Gasteiger partial charge in [-0.05, 0) is 5.92 Å². The van der Waals surface area contributed by atoms with Crippen molar-refractivity contribution in [3.63, 3.8) is 0 Å². The van der Waals surface area contributed by atoms with Crippen LogP contribution in [0.25, 0.3) is 0 Å². The summed E-state index contributed by atoms with van der Waals surface area (Å²) in [5.74, 6) is 0.884. The van der Waals surface area contributed by atoms with E-state index in [0.29, 0.717) is 0 Å². The Labute approximate surface area is 237 Å². The summed E-state index contributed by atoms with van der Waals surface area (Å²) in [6.07, 6.45) is 14.6. The van der Waals surface area contributed by atoms with Crippen molar-refractivity contribution in [3.8, 4) is 0 Å². The fourth-order valence-corrected chi connectivity index (χ4v) is 0.854. The van der Waals surface area contributed by atoms with E-state index in [1.165, 1.54) is 64.2 Å². The molecule has 0 aromatic rings. The van der Waals surface area contributed by atoms with E-state index in [4.69, 9.17) is 0 Å². The molecule has 0 radical (unpaired) electrons. The summed E-state index contributed by atoms with van der Waals surface area (Å²) in [5.41, 5.74) is 0. The van der Waals surface area contributed by atoms with Crippen LogP contribution >= 0.6 is 0 Å². The molecule has 0 aliphatic heterocycles. The predicted octanol–water partition coefficient (Wildman–Crippen LogP) is 9.38. The molecule has 0 aromatic heterocycles. The van der Waals surface area contributed by atoms with Crippen molar-refractivity contribution in [2.24, 2.45) is 5.92 Å². The minimum absolute atomic E-state index is 0. The molecule has 184 valence electrons. The van der Waals surface area contributed by atoms with Crippen LogP contribution < -0.4 is 51.4 Å². The maximum absolute atomic E-state index is 3.60. The fraction of sp³-hybridized carbons (Fsp3) is 0.929. The SMILES string of the molecule is CC.CC.CCC.CCC.CCC(C)C.CCCCCCCC.[CH2-]CCC.[CH3-].[K+]. The Bertz CT molecular complexity index is 101. The van der Waals surface area contributed by atoms with Gasteiger partial charge in [0.2, 0.25) is 0 Å². The monoisotopic (exact) mass is 446 g/mol. The van der Waals surface area contributed by atoms with Crippen molar-refractivity contribution in [1.82, 2.24) is 0 Å². The standard InChI is InChI=1S/C8H18.C5H12.C4H9.2C3H8.2C2H6.CH3.K/c1-3-5-7-8-6-4-2;1-4-5(2)3;1-3-4-2;2*1-3-2;2*1-2;;/h3-8H2,1-2H3;5H,4H2,1-3H3;1,3-4H2,2H3;2*3H2,1-2H3;2*1-2H3;1H3;/q;;-1;;;;;-1;+1. The van der Waals surface area contributed by atoms with Gasteiger partial charge in [-0.2, -0.15) is 6.42 Å². The summed E-state index contributed by atoms with van der Waals surface area (Å²) in [6, 6.07) is 0. The van der Waals surface area contributed by atoms with Gasteiger partial charge in [0, 0.05) is 0 Å². The average Bonchev–Trinajstić information content (AvgIpc) is 2.70. The van der Waals surface area contributed by atoms with Crippen molar-refractivity contribution in [2.45, 2.75) is 168 Å². The zero-order chi connectivity index (χ0) is 23.4. The van der Waals surface area contributed by atoms with E-state index in [2.05, 4.69) is 76.2 Å². The number of hydrogen-bond acceptors (Lipinski definition) is 0. The van der Waals surface area contributed by atoms with Crippen molar-refractivity contribution in [3.05, 3.63) is 14.4 Å². The third-order valence-corrected chi connectivity index (χ3v) is 2.63. The molecule has 1 heteroatoms. The molecule has 0 atom stereocenters. The zero-order valence-corrected chi connectivity index (χ0v) is 28.2. The van der Waals surface area contributed by atoms with Crippen molar-refractivity contribution in [1.29, 1.82) is 0 Å². The van der Waals surface area contributed by atoms with Crippen LogP contribution in [0.15, 0.2) is 0 Å². The number of hydrogen-bond donors (Lipinski definition) is 0. The summed E-state index contributed by atoms with van der Waals surface area (Å²) >= 11 is 0. The fourth-order valence-electron chi connectivity index (χ4n) is 0.854. The Morgan fingerprint density at radius 3 is 0.793 bits per heavy atom. The molecule has 0 aromatic carbocycles. The second-order valence-corrected chi connectivity index (χ2v) is 6.48. The van der Waals surface area contributed by atoms with Gasteiger partial charge in [0.1, 0.15) is 0 Å². The summed E-state index contributed by atoms with van der Waals surface area (Å²) in [7, 11) is 0. The Hall–Kier alpha value is 1.64. The number of unbranched alkanes of at least 4 members (excludes halogenated alkanes) is 6. The van der Waals surface area contributed by atoms with Crippen LogP contribution in [0.3, 0.4) is 0 Å². The van der Waals surface area contributed by atoms with E-state index in [1.807, 2.05) is 27.7 Å². The first-order valence-electron chi connectivity index (χ1n) is 12.7. The molecule has 0 amide bonds. The first-order chi connectivity index (χ1) is 12.9. The quantitative estimate of drug-likeness (QED) is 0.208. The van der Waals surface area contributed by atoms with Crippen LogP contribution in [0.1, 0.15) is 168 Å². The summed E-state index contributed by atoms with van der Waals surface area (Å²) in [4.78, 5) is 0. The second kappa shape index (κ2) is 99.4. The average molecular weight is 446 g/mol. The van der Waals surface area contributed by atoms with Gasteiger partial charge in [0.15, 0.2) is 0 Å². The van der Waals surface area contributed by atoms with E-state index in [1.54, 1.807) is 0 Å². The Morgan fingerprint density at radius 1 is 0.552 bits per heavy atom. The van der Waals surface area contributed by atoms with Gasteiger partial charge in [-0.15, -0.1) is 0 Å². The largest absolute Gasteiger partial charge is 1.00 e. The van der Waals surface area contributed by atoms with Crippen LogP contribution in [0, 0.1) is 20.3 Å². The molecule has 0 aliphatic rings. The predicted molar refractivity (Wildman–Crippen MR) is 145 cm³/mol. The molecule has 0 heterocycles. The van der Waals surface area contributed by atoms with E-state index in [9.17, 15) is 0 Å². The van der Waals surface area contributed by atoms with Crippen LogP contribution in [0.4, 0.5) is 0 Å². The van der Waals surface area contributed by atoms with Gasteiger partial charge in [0.25, 0.3) is 0 Å². The first-order valence-corrected chi connectivity index (χ1v) is 12.7. The van der Waals surface area contributed by atoms with Crippen LogP contribution in [0.5, 0.6) is 0 Å². The molecule has 0 saturated heterocycles. The maximum Gasteiger partial charge on any atom is 1.00 e. The molecule has 0 spiro atoms. The third-order valence-electron chi connectivity index (χ3n) is 2.63. The van der Waals surface area contributed by atoms with Gasteiger partial charge in [-0.1, -0.05) is 161 Å².